The molecule has 0 N–H and O–H groups in total. The van der Waals surface area contributed by atoms with Crippen LogP contribution in [0.2, 0.25) is 0 Å². The molecule has 3 rings (SSSR count). The summed E-state index contributed by atoms with van der Waals surface area (Å²) in [5.74, 6) is 1.26. The Morgan fingerprint density at radius 1 is 1.30 bits per heavy atom. The Bertz CT molecular complexity index is 754. The maximum Gasteiger partial charge on any atom is 0.159 e. The van der Waals surface area contributed by atoms with Crippen LogP contribution in [0.5, 0.6) is 0 Å². The van der Waals surface area contributed by atoms with Crippen LogP contribution in [0.3, 0.4) is 0 Å². The monoisotopic (exact) mass is 309 g/mol. The van der Waals surface area contributed by atoms with Crippen molar-refractivity contribution in [3.63, 3.8) is 0 Å². The van der Waals surface area contributed by atoms with Gasteiger partial charge < -0.3 is 4.57 Å². The lowest BCUT2D eigenvalue weighted by molar-refractivity contribution is 0.638. The van der Waals surface area contributed by atoms with Crippen molar-refractivity contribution in [1.29, 1.82) is 0 Å². The first-order valence-electron chi connectivity index (χ1n) is 6.53. The van der Waals surface area contributed by atoms with Crippen LogP contribution >= 0.6 is 22.9 Å². The van der Waals surface area contributed by atoms with Gasteiger partial charge in [0.2, 0.25) is 0 Å². The Balaban J connectivity index is 2.16. The number of thiazole rings is 1. The number of rotatable bonds is 4. The Labute approximate surface area is 126 Å². The van der Waals surface area contributed by atoms with E-state index in [-0.39, 0.29) is 0 Å². The van der Waals surface area contributed by atoms with Gasteiger partial charge in [0.1, 0.15) is 16.3 Å². The van der Waals surface area contributed by atoms with Gasteiger partial charge in [0.05, 0.1) is 18.1 Å². The molecular formula is C13H16ClN5S. The third-order valence-electron chi connectivity index (χ3n) is 3.26. The molecule has 0 saturated carbocycles. The highest BCUT2D eigenvalue weighted by atomic mass is 35.5. The number of hydrogen-bond donors (Lipinski definition) is 0. The van der Waals surface area contributed by atoms with Gasteiger partial charge in [-0.25, -0.2) is 14.6 Å². The van der Waals surface area contributed by atoms with E-state index in [4.69, 9.17) is 11.6 Å². The minimum absolute atomic E-state index is 0.391. The second-order valence-electron chi connectivity index (χ2n) is 4.70. The molecule has 0 unspecified atom stereocenters. The van der Waals surface area contributed by atoms with Crippen molar-refractivity contribution in [3.05, 3.63) is 27.6 Å². The van der Waals surface area contributed by atoms with E-state index in [0.717, 1.165) is 39.9 Å². The summed E-state index contributed by atoms with van der Waals surface area (Å²) in [5.41, 5.74) is 3.97. The van der Waals surface area contributed by atoms with E-state index in [2.05, 4.69) is 31.9 Å². The van der Waals surface area contributed by atoms with Gasteiger partial charge in [-0.1, -0.05) is 0 Å². The number of halogens is 1. The van der Waals surface area contributed by atoms with Crippen LogP contribution in [0.1, 0.15) is 29.1 Å². The maximum absolute atomic E-state index is 6.05. The van der Waals surface area contributed by atoms with Crippen molar-refractivity contribution in [2.24, 2.45) is 0 Å². The molecule has 0 aliphatic rings. The Kier molecular flexibility index (Phi) is 3.52. The van der Waals surface area contributed by atoms with Crippen molar-refractivity contribution in [2.75, 3.05) is 0 Å². The summed E-state index contributed by atoms with van der Waals surface area (Å²) < 4.78 is 4.11. The molecular weight excluding hydrogens is 294 g/mol. The molecule has 0 fully saturated rings. The van der Waals surface area contributed by atoms with Crippen molar-refractivity contribution in [1.82, 2.24) is 24.3 Å². The summed E-state index contributed by atoms with van der Waals surface area (Å²) in [6.45, 7) is 7.58. The van der Waals surface area contributed by atoms with Crippen molar-refractivity contribution < 1.29 is 0 Å². The summed E-state index contributed by atoms with van der Waals surface area (Å²) in [7, 11) is 0. The SMILES string of the molecule is CCn1nc(C)c2nc(CCl)n(Cc3nc(C)cs3)c21. The quantitative estimate of drug-likeness (QED) is 0.696. The van der Waals surface area contributed by atoms with Crippen LogP contribution in [-0.4, -0.2) is 24.3 Å². The second kappa shape index (κ2) is 5.18. The zero-order chi connectivity index (χ0) is 14.3. The third kappa shape index (κ3) is 2.13. The fourth-order valence-electron chi connectivity index (χ4n) is 2.37. The van der Waals surface area contributed by atoms with E-state index < -0.39 is 0 Å². The topological polar surface area (TPSA) is 48.5 Å². The molecule has 3 aromatic rings. The maximum atomic E-state index is 6.05. The van der Waals surface area contributed by atoms with Gasteiger partial charge in [0.25, 0.3) is 0 Å². The van der Waals surface area contributed by atoms with Crippen LogP contribution in [0.15, 0.2) is 5.38 Å². The molecule has 0 bridgehead atoms. The first-order chi connectivity index (χ1) is 9.63. The number of imidazole rings is 1. The molecule has 0 aliphatic heterocycles. The zero-order valence-electron chi connectivity index (χ0n) is 11.7. The van der Waals surface area contributed by atoms with Gasteiger partial charge >= 0.3 is 0 Å². The smallest absolute Gasteiger partial charge is 0.159 e. The van der Waals surface area contributed by atoms with E-state index in [0.29, 0.717) is 12.4 Å². The number of alkyl halides is 1. The van der Waals surface area contributed by atoms with Crippen molar-refractivity contribution in [3.8, 4) is 0 Å². The molecule has 0 aromatic carbocycles. The number of hydrogen-bond acceptors (Lipinski definition) is 4. The summed E-state index contributed by atoms with van der Waals surface area (Å²) in [6.07, 6.45) is 0. The van der Waals surface area contributed by atoms with Gasteiger partial charge in [0, 0.05) is 17.6 Å². The van der Waals surface area contributed by atoms with Gasteiger partial charge in [0.15, 0.2) is 5.65 Å². The Hall–Kier alpha value is -1.40. The molecule has 5 nitrogen and oxygen atoms in total. The number of nitrogens with zero attached hydrogens (tertiary/aromatic N) is 5. The van der Waals surface area contributed by atoms with Crippen LogP contribution in [-0.2, 0) is 19.0 Å². The molecule has 0 aliphatic carbocycles. The number of fused-ring (bicyclic) bond motifs is 1. The van der Waals surface area contributed by atoms with E-state index >= 15 is 0 Å². The summed E-state index contributed by atoms with van der Waals surface area (Å²) in [6, 6.07) is 0. The minimum Gasteiger partial charge on any atom is -0.305 e. The third-order valence-corrected chi connectivity index (χ3v) is 4.45. The van der Waals surface area contributed by atoms with Crippen LogP contribution < -0.4 is 0 Å². The molecule has 3 aromatic heterocycles. The first-order valence-corrected chi connectivity index (χ1v) is 7.95. The van der Waals surface area contributed by atoms with E-state index in [1.54, 1.807) is 11.3 Å². The van der Waals surface area contributed by atoms with Gasteiger partial charge in [-0.2, -0.15) is 5.10 Å². The average molecular weight is 310 g/mol. The second-order valence-corrected chi connectivity index (χ2v) is 5.91. The molecule has 0 spiro atoms. The molecule has 0 saturated heterocycles. The summed E-state index contributed by atoms with van der Waals surface area (Å²) in [5, 5.41) is 7.65. The zero-order valence-corrected chi connectivity index (χ0v) is 13.3. The van der Waals surface area contributed by atoms with Crippen LogP contribution in [0, 0.1) is 13.8 Å². The summed E-state index contributed by atoms with van der Waals surface area (Å²) >= 11 is 7.71. The Morgan fingerprint density at radius 2 is 2.10 bits per heavy atom. The largest absolute Gasteiger partial charge is 0.305 e. The van der Waals surface area contributed by atoms with Crippen molar-refractivity contribution >= 4 is 34.1 Å². The molecule has 3 heterocycles. The molecule has 0 amide bonds. The fourth-order valence-corrected chi connectivity index (χ4v) is 3.33. The highest BCUT2D eigenvalue weighted by Gasteiger charge is 2.18. The molecule has 106 valence electrons. The van der Waals surface area contributed by atoms with Crippen molar-refractivity contribution in [2.45, 2.75) is 39.7 Å². The van der Waals surface area contributed by atoms with Gasteiger partial charge in [-0.05, 0) is 20.8 Å². The fraction of sp³-hybridized carbons (Fsp3) is 0.462. The lowest BCUT2D eigenvalue weighted by Crippen LogP contribution is -2.09. The molecule has 0 radical (unpaired) electrons. The normalized spacial score (nSPS) is 11.6. The average Bonchev–Trinajstić information content (AvgIpc) is 3.08. The van der Waals surface area contributed by atoms with Crippen LogP contribution in [0.4, 0.5) is 0 Å². The number of aryl methyl sites for hydroxylation is 3. The highest BCUT2D eigenvalue weighted by molar-refractivity contribution is 7.09. The lowest BCUT2D eigenvalue weighted by Gasteiger charge is -2.07. The minimum atomic E-state index is 0.391. The van der Waals surface area contributed by atoms with E-state index in [1.807, 2.05) is 18.5 Å². The predicted molar refractivity (Wildman–Crippen MR) is 81.4 cm³/mol. The molecule has 20 heavy (non-hydrogen) atoms. The Morgan fingerprint density at radius 3 is 2.70 bits per heavy atom. The van der Waals surface area contributed by atoms with Crippen LogP contribution in [0.25, 0.3) is 11.2 Å². The van der Waals surface area contributed by atoms with E-state index in [9.17, 15) is 0 Å². The molecule has 0 atom stereocenters. The van der Waals surface area contributed by atoms with Gasteiger partial charge in [-0.15, -0.1) is 22.9 Å². The first kappa shape index (κ1) is 13.6. The molecule has 7 heteroatoms. The standard InChI is InChI=1S/C13H16ClN5S/c1-4-19-13-12(9(3)17-19)16-10(5-14)18(13)6-11-15-8(2)7-20-11/h7H,4-6H2,1-3H3. The highest BCUT2D eigenvalue weighted by Crippen LogP contribution is 2.23. The lowest BCUT2D eigenvalue weighted by atomic mass is 10.4. The summed E-state index contributed by atoms with van der Waals surface area (Å²) in [4.78, 5) is 9.15. The van der Waals surface area contributed by atoms with E-state index in [1.165, 1.54) is 0 Å². The number of aromatic nitrogens is 5. The van der Waals surface area contributed by atoms with Gasteiger partial charge in [-0.3, -0.25) is 0 Å². The predicted octanol–water partition coefficient (Wildman–Crippen LogP) is 3.11.